The van der Waals surface area contributed by atoms with E-state index in [0.29, 0.717) is 35.5 Å². The van der Waals surface area contributed by atoms with Crippen LogP contribution in [0.1, 0.15) is 13.3 Å². The maximum atomic E-state index is 15.1. The number of fused-ring (bicyclic) bond motifs is 2. The van der Waals surface area contributed by atoms with Crippen molar-refractivity contribution in [1.82, 2.24) is 39.5 Å². The highest BCUT2D eigenvalue weighted by atomic mass is 19.3. The highest BCUT2D eigenvalue weighted by Crippen LogP contribution is 2.34. The Labute approximate surface area is 186 Å². The smallest absolute Gasteiger partial charge is 0.280 e. The second-order valence-corrected chi connectivity index (χ2v) is 8.11. The zero-order chi connectivity index (χ0) is 23.3. The van der Waals surface area contributed by atoms with Gasteiger partial charge in [-0.3, -0.25) is 0 Å². The van der Waals surface area contributed by atoms with Gasteiger partial charge in [0.2, 0.25) is 5.95 Å². The molecule has 4 aromatic heterocycles. The van der Waals surface area contributed by atoms with Crippen LogP contribution in [0.3, 0.4) is 0 Å². The maximum Gasteiger partial charge on any atom is 0.280 e. The van der Waals surface area contributed by atoms with Crippen LogP contribution in [0.25, 0.3) is 27.9 Å². The number of alkyl halides is 2. The summed E-state index contributed by atoms with van der Waals surface area (Å²) in [5.74, 6) is -3.25. The van der Waals surface area contributed by atoms with E-state index in [2.05, 4.69) is 36.0 Å². The molecule has 174 valence electrons. The third-order valence-corrected chi connectivity index (χ3v) is 5.83. The zero-order valence-corrected chi connectivity index (χ0v) is 18.3. The number of rotatable bonds is 5. The van der Waals surface area contributed by atoms with Gasteiger partial charge in [0.1, 0.15) is 11.0 Å². The normalized spacial score (nSPS) is 18.8. The molecule has 5 rings (SSSR count). The molecule has 0 radical (unpaired) electrons. The molecule has 4 aromatic rings. The predicted molar refractivity (Wildman–Crippen MR) is 117 cm³/mol. The van der Waals surface area contributed by atoms with Gasteiger partial charge in [0.15, 0.2) is 17.3 Å². The molecule has 33 heavy (non-hydrogen) atoms. The topological polar surface area (TPSA) is 101 Å². The predicted octanol–water partition coefficient (Wildman–Crippen LogP) is 2.49. The van der Waals surface area contributed by atoms with Crippen LogP contribution >= 0.6 is 0 Å². The lowest BCUT2D eigenvalue weighted by atomic mass is 10.0. The zero-order valence-electron chi connectivity index (χ0n) is 18.3. The number of anilines is 2. The van der Waals surface area contributed by atoms with Crippen molar-refractivity contribution in [2.24, 2.45) is 0 Å². The number of halogens is 3. The number of hydrogen-bond donors (Lipinski definition) is 2. The molecule has 1 aliphatic heterocycles. The molecule has 0 bridgehead atoms. The van der Waals surface area contributed by atoms with E-state index in [0.717, 1.165) is 0 Å². The molecular formula is C20H23F3N10. The molecule has 1 atom stereocenters. The number of likely N-dealkylation sites (tertiary alicyclic amines) is 1. The Bertz CT molecular complexity index is 1330. The van der Waals surface area contributed by atoms with Crippen LogP contribution in [0, 0.1) is 5.82 Å². The highest BCUT2D eigenvalue weighted by Gasteiger charge is 2.44. The fraction of sp³-hybridized carbons (Fsp3) is 0.450. The lowest BCUT2D eigenvalue weighted by molar-refractivity contribution is -0.0675. The van der Waals surface area contributed by atoms with Crippen LogP contribution in [-0.4, -0.2) is 78.6 Å². The lowest BCUT2D eigenvalue weighted by Gasteiger charge is -2.36. The summed E-state index contributed by atoms with van der Waals surface area (Å²) < 4.78 is 47.0. The molecule has 0 aliphatic carbocycles. The van der Waals surface area contributed by atoms with E-state index in [-0.39, 0.29) is 30.3 Å². The Kier molecular flexibility index (Phi) is 5.07. The molecule has 0 spiro atoms. The second kappa shape index (κ2) is 7.83. The minimum Gasteiger partial charge on any atom is -0.371 e. The summed E-state index contributed by atoms with van der Waals surface area (Å²) >= 11 is 0. The first-order valence-electron chi connectivity index (χ1n) is 10.6. The number of aromatic nitrogens is 7. The van der Waals surface area contributed by atoms with Crippen molar-refractivity contribution >= 4 is 28.4 Å². The van der Waals surface area contributed by atoms with Crippen molar-refractivity contribution in [3.63, 3.8) is 0 Å². The number of pyridine rings is 1. The van der Waals surface area contributed by atoms with Crippen LogP contribution in [-0.2, 0) is 6.54 Å². The molecule has 0 aromatic carbocycles. The van der Waals surface area contributed by atoms with Crippen LogP contribution < -0.4 is 10.6 Å². The van der Waals surface area contributed by atoms with Crippen molar-refractivity contribution in [1.29, 1.82) is 0 Å². The SMILES string of the molecule is CCn1nnc2ccc(-c3c(F)cn4nc(N[C@@H]5CCN(C)CC5(F)F)nc(NC)c34)nc21. The minimum atomic E-state index is -2.95. The summed E-state index contributed by atoms with van der Waals surface area (Å²) in [7, 11) is 3.28. The molecule has 13 heteroatoms. The third kappa shape index (κ3) is 3.61. The summed E-state index contributed by atoms with van der Waals surface area (Å²) in [4.78, 5) is 10.5. The standard InChI is InChI=1S/C20H23F3N10/c1-4-32-18-13(28-30-32)6-5-12(25-18)15-11(21)9-33-16(15)17(24-2)27-19(29-33)26-14-7-8-31(3)10-20(14,22)23/h5-6,9,14H,4,7-8,10H2,1-3H3,(H2,24,26,27,29)/t14-/m1/s1. The Hall–Kier alpha value is -3.48. The van der Waals surface area contributed by atoms with Crippen molar-refractivity contribution in [2.45, 2.75) is 31.9 Å². The molecule has 10 nitrogen and oxygen atoms in total. The third-order valence-electron chi connectivity index (χ3n) is 5.83. The first-order chi connectivity index (χ1) is 15.8. The van der Waals surface area contributed by atoms with Gasteiger partial charge < -0.3 is 15.5 Å². The largest absolute Gasteiger partial charge is 0.371 e. The van der Waals surface area contributed by atoms with Gasteiger partial charge in [-0.1, -0.05) is 5.21 Å². The Morgan fingerprint density at radius 1 is 1.24 bits per heavy atom. The maximum absolute atomic E-state index is 15.1. The monoisotopic (exact) mass is 460 g/mol. The van der Waals surface area contributed by atoms with Gasteiger partial charge in [0.25, 0.3) is 5.92 Å². The van der Waals surface area contributed by atoms with Crippen molar-refractivity contribution in [2.75, 3.05) is 37.8 Å². The number of nitrogens with one attached hydrogen (secondary N) is 2. The number of aryl methyl sites for hydroxylation is 1. The molecular weight excluding hydrogens is 437 g/mol. The molecule has 1 aliphatic rings. The van der Waals surface area contributed by atoms with E-state index in [1.54, 1.807) is 35.8 Å². The van der Waals surface area contributed by atoms with Gasteiger partial charge in [0, 0.05) is 20.1 Å². The average molecular weight is 460 g/mol. The Morgan fingerprint density at radius 2 is 2.06 bits per heavy atom. The van der Waals surface area contributed by atoms with Gasteiger partial charge in [-0.15, -0.1) is 10.2 Å². The quantitative estimate of drug-likeness (QED) is 0.469. The van der Waals surface area contributed by atoms with Gasteiger partial charge in [0.05, 0.1) is 30.0 Å². The lowest BCUT2D eigenvalue weighted by Crippen LogP contribution is -2.53. The first-order valence-corrected chi connectivity index (χ1v) is 10.6. The van der Waals surface area contributed by atoms with Crippen molar-refractivity contribution < 1.29 is 13.2 Å². The second-order valence-electron chi connectivity index (χ2n) is 8.11. The highest BCUT2D eigenvalue weighted by molar-refractivity contribution is 5.89. The fourth-order valence-electron chi connectivity index (χ4n) is 4.18. The summed E-state index contributed by atoms with van der Waals surface area (Å²) in [6.07, 6.45) is 1.42. The summed E-state index contributed by atoms with van der Waals surface area (Å²) in [6, 6.07) is 2.25. The summed E-state index contributed by atoms with van der Waals surface area (Å²) in [6.45, 7) is 2.64. The van der Waals surface area contributed by atoms with Crippen LogP contribution in [0.2, 0.25) is 0 Å². The molecule has 5 heterocycles. The van der Waals surface area contributed by atoms with Crippen molar-refractivity contribution in [3.05, 3.63) is 24.1 Å². The molecule has 0 amide bonds. The average Bonchev–Trinajstić information content (AvgIpc) is 3.33. The van der Waals surface area contributed by atoms with E-state index in [9.17, 15) is 8.78 Å². The molecule has 1 saturated heterocycles. The number of nitrogens with zero attached hydrogens (tertiary/aromatic N) is 8. The molecule has 0 saturated carbocycles. The van der Waals surface area contributed by atoms with E-state index in [1.165, 1.54) is 10.7 Å². The van der Waals surface area contributed by atoms with Gasteiger partial charge >= 0.3 is 0 Å². The first kappa shape index (κ1) is 21.4. The molecule has 2 N–H and O–H groups in total. The Morgan fingerprint density at radius 3 is 2.79 bits per heavy atom. The molecule has 1 fully saturated rings. The molecule has 0 unspecified atom stereocenters. The fourth-order valence-corrected chi connectivity index (χ4v) is 4.18. The van der Waals surface area contributed by atoms with Crippen LogP contribution in [0.5, 0.6) is 0 Å². The minimum absolute atomic E-state index is 0.0145. The van der Waals surface area contributed by atoms with Gasteiger partial charge in [-0.25, -0.2) is 27.4 Å². The van der Waals surface area contributed by atoms with Crippen molar-refractivity contribution in [3.8, 4) is 11.3 Å². The number of hydrogen-bond acceptors (Lipinski definition) is 8. The summed E-state index contributed by atoms with van der Waals surface area (Å²) in [5.41, 5.74) is 2.03. The van der Waals surface area contributed by atoms with Gasteiger partial charge in [-0.2, -0.15) is 4.98 Å². The van der Waals surface area contributed by atoms with E-state index < -0.39 is 17.8 Å². The van der Waals surface area contributed by atoms with Crippen LogP contribution in [0.15, 0.2) is 18.3 Å². The van der Waals surface area contributed by atoms with Crippen LogP contribution in [0.4, 0.5) is 24.9 Å². The van der Waals surface area contributed by atoms with E-state index in [1.807, 2.05) is 6.92 Å². The Balaban J connectivity index is 1.58. The van der Waals surface area contributed by atoms with E-state index in [4.69, 9.17) is 0 Å². The van der Waals surface area contributed by atoms with E-state index >= 15 is 4.39 Å². The summed E-state index contributed by atoms with van der Waals surface area (Å²) in [5, 5.41) is 18.0. The van der Waals surface area contributed by atoms with Gasteiger partial charge in [-0.05, 0) is 32.5 Å². The number of piperidine rings is 1.